The highest BCUT2D eigenvalue weighted by atomic mass is 32.1. The minimum absolute atomic E-state index is 0.00640. The van der Waals surface area contributed by atoms with Crippen LogP contribution in [0.3, 0.4) is 0 Å². The number of nitrogens with one attached hydrogen (secondary N) is 1. The van der Waals surface area contributed by atoms with Crippen LogP contribution in [0.1, 0.15) is 20.3 Å². The van der Waals surface area contributed by atoms with Crippen LogP contribution in [0.15, 0.2) is 24.3 Å². The minimum Gasteiger partial charge on any atom is -0.301 e. The summed E-state index contributed by atoms with van der Waals surface area (Å²) in [6.07, 6.45) is 0.408. The number of rotatable bonds is 5. The first-order chi connectivity index (χ1) is 9.95. The molecule has 8 heteroatoms. The fourth-order valence-electron chi connectivity index (χ4n) is 1.68. The van der Waals surface area contributed by atoms with Crippen molar-refractivity contribution in [3.63, 3.8) is 0 Å². The summed E-state index contributed by atoms with van der Waals surface area (Å²) in [5, 5.41) is 22.2. The zero-order valence-corrected chi connectivity index (χ0v) is 12.4. The molecule has 0 atom stereocenters. The van der Waals surface area contributed by atoms with E-state index in [2.05, 4.69) is 15.5 Å². The summed E-state index contributed by atoms with van der Waals surface area (Å²) in [5.74, 6) is 0.140. The summed E-state index contributed by atoms with van der Waals surface area (Å²) in [7, 11) is 0. The van der Waals surface area contributed by atoms with Gasteiger partial charge in [0.2, 0.25) is 11.0 Å². The van der Waals surface area contributed by atoms with Crippen LogP contribution in [-0.4, -0.2) is 21.0 Å². The van der Waals surface area contributed by atoms with E-state index in [1.165, 1.54) is 23.5 Å². The lowest BCUT2D eigenvalue weighted by Gasteiger charge is -2.02. The molecule has 0 aliphatic heterocycles. The number of nitro groups is 1. The largest absolute Gasteiger partial charge is 0.301 e. The van der Waals surface area contributed by atoms with Crippen molar-refractivity contribution in [2.45, 2.75) is 20.3 Å². The Labute approximate surface area is 125 Å². The number of carbonyl (C=O) groups is 1. The molecule has 0 saturated heterocycles. The number of non-ortho nitro benzene ring substituents is 1. The number of nitrogens with zero attached hydrogens (tertiary/aromatic N) is 3. The van der Waals surface area contributed by atoms with Crippen LogP contribution in [-0.2, 0) is 4.79 Å². The zero-order valence-electron chi connectivity index (χ0n) is 11.6. The van der Waals surface area contributed by atoms with E-state index < -0.39 is 4.92 Å². The standard InChI is InChI=1S/C13H14N4O3S/c1-8(2)6-11(18)14-13-16-15-12(21-13)9-4-3-5-10(7-9)17(19)20/h3-5,7-8H,6H2,1-2H3,(H,14,16,18). The molecule has 0 saturated carbocycles. The molecule has 0 bridgehead atoms. The van der Waals surface area contributed by atoms with Crippen LogP contribution in [0.5, 0.6) is 0 Å². The van der Waals surface area contributed by atoms with Gasteiger partial charge in [0.25, 0.3) is 5.69 Å². The molecule has 1 amide bonds. The summed E-state index contributed by atoms with van der Waals surface area (Å²) in [6.45, 7) is 3.91. The van der Waals surface area contributed by atoms with Crippen LogP contribution in [0.2, 0.25) is 0 Å². The van der Waals surface area contributed by atoms with Crippen molar-refractivity contribution in [3.8, 4) is 10.6 Å². The molecule has 2 rings (SSSR count). The van der Waals surface area contributed by atoms with Gasteiger partial charge in [-0.2, -0.15) is 0 Å². The van der Waals surface area contributed by atoms with E-state index in [9.17, 15) is 14.9 Å². The molecule has 110 valence electrons. The monoisotopic (exact) mass is 306 g/mol. The number of carbonyl (C=O) groups excluding carboxylic acids is 1. The molecule has 21 heavy (non-hydrogen) atoms. The average molecular weight is 306 g/mol. The third-order valence-corrected chi connectivity index (χ3v) is 3.46. The van der Waals surface area contributed by atoms with E-state index in [4.69, 9.17) is 0 Å². The third-order valence-electron chi connectivity index (χ3n) is 2.57. The molecule has 0 spiro atoms. The zero-order chi connectivity index (χ0) is 15.4. The highest BCUT2D eigenvalue weighted by Crippen LogP contribution is 2.28. The topological polar surface area (TPSA) is 98.0 Å². The van der Waals surface area contributed by atoms with E-state index >= 15 is 0 Å². The van der Waals surface area contributed by atoms with Gasteiger partial charge in [-0.15, -0.1) is 10.2 Å². The molecule has 1 aromatic carbocycles. The van der Waals surface area contributed by atoms with Gasteiger partial charge in [-0.25, -0.2) is 0 Å². The fraction of sp³-hybridized carbons (Fsp3) is 0.308. The lowest BCUT2D eigenvalue weighted by Crippen LogP contribution is -2.13. The number of anilines is 1. The Morgan fingerprint density at radius 1 is 1.43 bits per heavy atom. The normalized spacial score (nSPS) is 10.6. The number of hydrogen-bond donors (Lipinski definition) is 1. The first kappa shape index (κ1) is 15.0. The lowest BCUT2D eigenvalue weighted by atomic mass is 10.1. The maximum Gasteiger partial charge on any atom is 0.270 e. The summed E-state index contributed by atoms with van der Waals surface area (Å²) in [6, 6.07) is 6.15. The summed E-state index contributed by atoms with van der Waals surface area (Å²) >= 11 is 1.19. The predicted molar refractivity (Wildman–Crippen MR) is 80.1 cm³/mol. The van der Waals surface area contributed by atoms with Gasteiger partial charge in [-0.1, -0.05) is 37.3 Å². The molecule has 1 aromatic heterocycles. The number of nitro benzene ring substituents is 1. The van der Waals surface area contributed by atoms with Crippen molar-refractivity contribution in [2.24, 2.45) is 5.92 Å². The number of hydrogen-bond acceptors (Lipinski definition) is 6. The highest BCUT2D eigenvalue weighted by Gasteiger charge is 2.13. The number of aromatic nitrogens is 2. The Kier molecular flexibility index (Phi) is 4.59. The molecule has 1 N–H and O–H groups in total. The van der Waals surface area contributed by atoms with E-state index in [-0.39, 0.29) is 17.5 Å². The fourth-order valence-corrected chi connectivity index (χ4v) is 2.44. The minimum atomic E-state index is -0.462. The van der Waals surface area contributed by atoms with E-state index in [1.807, 2.05) is 13.8 Å². The summed E-state index contributed by atoms with van der Waals surface area (Å²) in [4.78, 5) is 21.9. The summed E-state index contributed by atoms with van der Waals surface area (Å²) < 4.78 is 0. The molecule has 1 heterocycles. The van der Waals surface area contributed by atoms with Gasteiger partial charge in [-0.3, -0.25) is 14.9 Å². The second kappa shape index (κ2) is 6.40. The second-order valence-corrected chi connectivity index (χ2v) is 5.84. The third kappa shape index (κ3) is 4.06. The molecule has 0 fully saturated rings. The van der Waals surface area contributed by atoms with Gasteiger partial charge in [0.15, 0.2) is 0 Å². The van der Waals surface area contributed by atoms with E-state index in [1.54, 1.807) is 12.1 Å². The smallest absolute Gasteiger partial charge is 0.270 e. The van der Waals surface area contributed by atoms with Crippen molar-refractivity contribution in [2.75, 3.05) is 5.32 Å². The lowest BCUT2D eigenvalue weighted by molar-refractivity contribution is -0.384. The predicted octanol–water partition coefficient (Wildman–Crippen LogP) is 3.10. The van der Waals surface area contributed by atoms with Gasteiger partial charge >= 0.3 is 0 Å². The van der Waals surface area contributed by atoms with Gasteiger partial charge < -0.3 is 5.32 Å². The van der Waals surface area contributed by atoms with E-state index in [0.717, 1.165) is 0 Å². The molecule has 7 nitrogen and oxygen atoms in total. The maximum atomic E-state index is 11.7. The van der Waals surface area contributed by atoms with Crippen molar-refractivity contribution >= 4 is 28.1 Å². The Bertz CT molecular complexity index is 669. The molecular formula is C13H14N4O3S. The summed E-state index contributed by atoms with van der Waals surface area (Å²) in [5.41, 5.74) is 0.596. The van der Waals surface area contributed by atoms with Crippen LogP contribution in [0.25, 0.3) is 10.6 Å². The highest BCUT2D eigenvalue weighted by molar-refractivity contribution is 7.18. The SMILES string of the molecule is CC(C)CC(=O)Nc1nnc(-c2cccc([N+](=O)[O-])c2)s1. The Balaban J connectivity index is 2.14. The van der Waals surface area contributed by atoms with Gasteiger partial charge in [-0.05, 0) is 5.92 Å². The Hall–Kier alpha value is -2.35. The molecule has 2 aromatic rings. The van der Waals surface area contributed by atoms with Crippen LogP contribution in [0.4, 0.5) is 10.8 Å². The van der Waals surface area contributed by atoms with E-state index in [0.29, 0.717) is 22.1 Å². The maximum absolute atomic E-state index is 11.7. The van der Waals surface area contributed by atoms with Crippen LogP contribution < -0.4 is 5.32 Å². The molecular weight excluding hydrogens is 292 g/mol. The van der Waals surface area contributed by atoms with Crippen LogP contribution in [0, 0.1) is 16.0 Å². The quantitative estimate of drug-likeness (QED) is 0.676. The number of benzene rings is 1. The molecule has 0 aliphatic carbocycles. The van der Waals surface area contributed by atoms with Crippen LogP contribution >= 0.6 is 11.3 Å². The first-order valence-corrected chi connectivity index (χ1v) is 7.15. The van der Waals surface area contributed by atoms with Crippen molar-refractivity contribution in [1.82, 2.24) is 10.2 Å². The average Bonchev–Trinajstić information content (AvgIpc) is 2.86. The molecule has 0 unspecified atom stereocenters. The van der Waals surface area contributed by atoms with Crippen molar-refractivity contribution in [1.29, 1.82) is 0 Å². The number of amides is 1. The Morgan fingerprint density at radius 3 is 2.86 bits per heavy atom. The van der Waals surface area contributed by atoms with Gasteiger partial charge in [0.1, 0.15) is 5.01 Å². The van der Waals surface area contributed by atoms with Gasteiger partial charge in [0, 0.05) is 24.1 Å². The molecule has 0 aliphatic rings. The van der Waals surface area contributed by atoms with Crippen molar-refractivity contribution < 1.29 is 9.72 Å². The first-order valence-electron chi connectivity index (χ1n) is 6.34. The van der Waals surface area contributed by atoms with Crippen molar-refractivity contribution in [3.05, 3.63) is 34.4 Å². The Morgan fingerprint density at radius 2 is 2.19 bits per heavy atom. The second-order valence-electron chi connectivity index (χ2n) is 4.87. The van der Waals surface area contributed by atoms with Gasteiger partial charge in [0.05, 0.1) is 4.92 Å². The molecule has 0 radical (unpaired) electrons.